The average molecular weight is 319 g/mol. The molecule has 0 aliphatic heterocycles. The second kappa shape index (κ2) is 5.23. The third-order valence-corrected chi connectivity index (χ3v) is 4.41. The van der Waals surface area contributed by atoms with Gasteiger partial charge in [-0.3, -0.25) is 4.79 Å². The fraction of sp³-hybridized carbons (Fsp3) is 0.158. The van der Waals surface area contributed by atoms with Crippen molar-refractivity contribution in [1.29, 1.82) is 0 Å². The fourth-order valence-corrected chi connectivity index (χ4v) is 3.15. The van der Waals surface area contributed by atoms with Crippen molar-refractivity contribution in [3.63, 3.8) is 0 Å². The number of hydrogen-bond acceptors (Lipinski definition) is 3. The van der Waals surface area contributed by atoms with Crippen LogP contribution in [0.25, 0.3) is 27.5 Å². The number of ether oxygens (including phenoxy) is 1. The first-order valence-electron chi connectivity index (χ1n) is 7.71. The maximum absolute atomic E-state index is 13.0. The molecule has 0 fully saturated rings. The molecule has 120 valence electrons. The average Bonchev–Trinajstić information content (AvgIpc) is 2.88. The van der Waals surface area contributed by atoms with E-state index in [0.29, 0.717) is 11.2 Å². The van der Waals surface area contributed by atoms with E-state index >= 15 is 0 Å². The fourth-order valence-electron chi connectivity index (χ4n) is 3.15. The van der Waals surface area contributed by atoms with Crippen molar-refractivity contribution in [3.05, 3.63) is 64.6 Å². The van der Waals surface area contributed by atoms with Crippen molar-refractivity contribution in [2.24, 2.45) is 7.05 Å². The lowest BCUT2D eigenvalue weighted by Gasteiger charge is -2.06. The van der Waals surface area contributed by atoms with Crippen LogP contribution in [0.15, 0.2) is 53.5 Å². The molecule has 0 amide bonds. The summed E-state index contributed by atoms with van der Waals surface area (Å²) in [6.07, 6.45) is 1.77. The van der Waals surface area contributed by atoms with Gasteiger partial charge in [0.15, 0.2) is 0 Å². The Bertz CT molecular complexity index is 1120. The molecule has 0 unspecified atom stereocenters. The van der Waals surface area contributed by atoms with Gasteiger partial charge in [0.05, 0.1) is 19.0 Å². The molecule has 0 bridgehead atoms. The molecule has 24 heavy (non-hydrogen) atoms. The minimum atomic E-state index is -0.131. The summed E-state index contributed by atoms with van der Waals surface area (Å²) in [5.41, 5.74) is 3.43. The topological polar surface area (TPSA) is 49.0 Å². The van der Waals surface area contributed by atoms with Gasteiger partial charge in [-0.2, -0.15) is 9.78 Å². The van der Waals surface area contributed by atoms with Crippen LogP contribution in [0, 0.1) is 6.92 Å². The molecule has 4 aromatic rings. The number of nitrogens with zero attached hydrogens (tertiary/aromatic N) is 3. The van der Waals surface area contributed by atoms with E-state index < -0.39 is 0 Å². The summed E-state index contributed by atoms with van der Waals surface area (Å²) in [7, 11) is 3.53. The van der Waals surface area contributed by atoms with E-state index in [0.717, 1.165) is 27.6 Å². The van der Waals surface area contributed by atoms with E-state index in [-0.39, 0.29) is 5.56 Å². The first-order valence-corrected chi connectivity index (χ1v) is 7.71. The predicted molar refractivity (Wildman–Crippen MR) is 95.1 cm³/mol. The van der Waals surface area contributed by atoms with E-state index in [1.807, 2.05) is 48.9 Å². The Morgan fingerprint density at radius 2 is 1.79 bits per heavy atom. The molecule has 4 rings (SSSR count). The molecule has 0 spiro atoms. The summed E-state index contributed by atoms with van der Waals surface area (Å²) in [5, 5.41) is 6.31. The van der Waals surface area contributed by atoms with Gasteiger partial charge < -0.3 is 9.30 Å². The Morgan fingerprint density at radius 3 is 2.50 bits per heavy atom. The lowest BCUT2D eigenvalue weighted by Crippen LogP contribution is -2.22. The standard InChI is InChI=1S/C19H17N3O2/c1-12-4-9-17-15(10-12)16-11-20-22(19(23)18(16)21(17)2)13-5-7-14(24-3)8-6-13/h4-11H,1-3H3. The summed E-state index contributed by atoms with van der Waals surface area (Å²) in [6, 6.07) is 13.5. The van der Waals surface area contributed by atoms with Crippen LogP contribution in [0.2, 0.25) is 0 Å². The van der Waals surface area contributed by atoms with E-state index in [9.17, 15) is 4.79 Å². The highest BCUT2D eigenvalue weighted by molar-refractivity contribution is 6.07. The molecule has 5 heteroatoms. The van der Waals surface area contributed by atoms with Crippen molar-refractivity contribution in [2.45, 2.75) is 6.92 Å². The number of aromatic nitrogens is 3. The van der Waals surface area contributed by atoms with E-state index in [4.69, 9.17) is 4.74 Å². The number of aryl methyl sites for hydroxylation is 2. The van der Waals surface area contributed by atoms with Crippen LogP contribution < -0.4 is 10.3 Å². The van der Waals surface area contributed by atoms with Gasteiger partial charge in [0.2, 0.25) is 0 Å². The summed E-state index contributed by atoms with van der Waals surface area (Å²) in [4.78, 5) is 13.0. The summed E-state index contributed by atoms with van der Waals surface area (Å²) in [6.45, 7) is 2.05. The SMILES string of the molecule is COc1ccc(-n2ncc3c4cc(C)ccc4n(C)c3c2=O)cc1. The largest absolute Gasteiger partial charge is 0.497 e. The van der Waals surface area contributed by atoms with Gasteiger partial charge >= 0.3 is 0 Å². The van der Waals surface area contributed by atoms with Crippen molar-refractivity contribution >= 4 is 21.8 Å². The highest BCUT2D eigenvalue weighted by atomic mass is 16.5. The first kappa shape index (κ1) is 14.5. The van der Waals surface area contributed by atoms with Crippen LogP contribution >= 0.6 is 0 Å². The van der Waals surface area contributed by atoms with Crippen molar-refractivity contribution < 1.29 is 4.74 Å². The van der Waals surface area contributed by atoms with Gasteiger partial charge in [0.1, 0.15) is 11.3 Å². The molecule has 0 saturated carbocycles. The van der Waals surface area contributed by atoms with Gasteiger partial charge in [-0.1, -0.05) is 11.6 Å². The Hall–Kier alpha value is -3.08. The van der Waals surface area contributed by atoms with Gasteiger partial charge in [-0.05, 0) is 43.3 Å². The quantitative estimate of drug-likeness (QED) is 0.570. The number of methoxy groups -OCH3 is 1. The van der Waals surface area contributed by atoms with Crippen LogP contribution in [-0.2, 0) is 7.05 Å². The predicted octanol–water partition coefficient (Wildman–Crippen LogP) is 3.19. The van der Waals surface area contributed by atoms with Crippen LogP contribution in [0.4, 0.5) is 0 Å². The van der Waals surface area contributed by atoms with E-state index in [1.54, 1.807) is 13.3 Å². The maximum atomic E-state index is 13.0. The van der Waals surface area contributed by atoms with Crippen molar-refractivity contribution in [1.82, 2.24) is 14.3 Å². The van der Waals surface area contributed by atoms with Gasteiger partial charge in [-0.15, -0.1) is 0 Å². The minimum absolute atomic E-state index is 0.131. The lowest BCUT2D eigenvalue weighted by atomic mass is 10.1. The summed E-state index contributed by atoms with van der Waals surface area (Å²) in [5.74, 6) is 0.743. The highest BCUT2D eigenvalue weighted by Gasteiger charge is 2.14. The maximum Gasteiger partial charge on any atom is 0.296 e. The second-order valence-electron chi connectivity index (χ2n) is 5.90. The number of fused-ring (bicyclic) bond motifs is 3. The molecular formula is C19H17N3O2. The summed E-state index contributed by atoms with van der Waals surface area (Å²) >= 11 is 0. The third kappa shape index (κ3) is 2.01. The molecule has 0 N–H and O–H groups in total. The Morgan fingerprint density at radius 1 is 1.04 bits per heavy atom. The molecule has 5 nitrogen and oxygen atoms in total. The van der Waals surface area contributed by atoms with E-state index in [2.05, 4.69) is 17.2 Å². The van der Waals surface area contributed by atoms with Crippen LogP contribution in [0.1, 0.15) is 5.56 Å². The second-order valence-corrected chi connectivity index (χ2v) is 5.90. The third-order valence-electron chi connectivity index (χ3n) is 4.41. The number of hydrogen-bond donors (Lipinski definition) is 0. The Labute approximate surface area is 138 Å². The van der Waals surface area contributed by atoms with Gasteiger partial charge in [0.25, 0.3) is 5.56 Å². The molecule has 2 heterocycles. The van der Waals surface area contributed by atoms with Crippen LogP contribution in [0.3, 0.4) is 0 Å². The van der Waals surface area contributed by atoms with Crippen LogP contribution in [-0.4, -0.2) is 21.5 Å². The zero-order valence-electron chi connectivity index (χ0n) is 13.8. The molecule has 0 aliphatic carbocycles. The Balaban J connectivity index is 2.02. The zero-order chi connectivity index (χ0) is 16.8. The molecular weight excluding hydrogens is 302 g/mol. The number of rotatable bonds is 2. The normalized spacial score (nSPS) is 11.3. The Kier molecular flexibility index (Phi) is 3.16. The zero-order valence-corrected chi connectivity index (χ0v) is 13.8. The molecule has 0 aliphatic rings. The van der Waals surface area contributed by atoms with Crippen LogP contribution in [0.5, 0.6) is 5.75 Å². The molecule has 0 saturated heterocycles. The summed E-state index contributed by atoms with van der Waals surface area (Å²) < 4.78 is 8.53. The smallest absolute Gasteiger partial charge is 0.296 e. The molecule has 2 aromatic heterocycles. The lowest BCUT2D eigenvalue weighted by molar-refractivity contribution is 0.414. The first-order chi connectivity index (χ1) is 11.6. The van der Waals surface area contributed by atoms with Crippen molar-refractivity contribution in [2.75, 3.05) is 7.11 Å². The molecule has 0 radical (unpaired) electrons. The molecule has 0 atom stereocenters. The molecule has 2 aromatic carbocycles. The minimum Gasteiger partial charge on any atom is -0.497 e. The number of benzene rings is 2. The monoisotopic (exact) mass is 319 g/mol. The van der Waals surface area contributed by atoms with Crippen molar-refractivity contribution in [3.8, 4) is 11.4 Å². The van der Waals surface area contributed by atoms with E-state index in [1.165, 1.54) is 4.68 Å². The van der Waals surface area contributed by atoms with Gasteiger partial charge in [0, 0.05) is 23.3 Å². The highest BCUT2D eigenvalue weighted by Crippen LogP contribution is 2.26. The van der Waals surface area contributed by atoms with Gasteiger partial charge in [-0.25, -0.2) is 0 Å².